The predicted molar refractivity (Wildman–Crippen MR) is 94.2 cm³/mol. The molecule has 0 saturated carbocycles. The third kappa shape index (κ3) is 6.82. The number of benzene rings is 1. The van der Waals surface area contributed by atoms with Crippen LogP contribution in [0.4, 0.5) is 13.6 Å². The van der Waals surface area contributed by atoms with E-state index >= 15 is 0 Å². The largest absolute Gasteiger partial charge is 0.444 e. The summed E-state index contributed by atoms with van der Waals surface area (Å²) in [4.78, 5) is 14.0. The van der Waals surface area contributed by atoms with E-state index < -0.39 is 17.2 Å². The van der Waals surface area contributed by atoms with Gasteiger partial charge in [-0.3, -0.25) is 4.90 Å². The van der Waals surface area contributed by atoms with E-state index in [0.29, 0.717) is 6.54 Å². The molecule has 0 aromatic heterocycles. The van der Waals surface area contributed by atoms with Crippen molar-refractivity contribution >= 4 is 12.2 Å². The molecule has 6 heteroatoms. The highest BCUT2D eigenvalue weighted by atomic mass is 19.1. The third-order valence-electron chi connectivity index (χ3n) is 3.93. The van der Waals surface area contributed by atoms with Gasteiger partial charge in [-0.1, -0.05) is 12.2 Å². The second-order valence-electron chi connectivity index (χ2n) is 7.29. The van der Waals surface area contributed by atoms with Crippen molar-refractivity contribution in [3.8, 4) is 0 Å². The molecule has 1 aromatic carbocycles. The minimum atomic E-state index is -0.498. The van der Waals surface area contributed by atoms with E-state index in [1.807, 2.05) is 26.8 Å². The van der Waals surface area contributed by atoms with Crippen molar-refractivity contribution in [2.24, 2.45) is 0 Å². The molecule has 1 aliphatic rings. The van der Waals surface area contributed by atoms with E-state index in [-0.39, 0.29) is 17.7 Å². The van der Waals surface area contributed by atoms with E-state index in [2.05, 4.69) is 10.2 Å². The Morgan fingerprint density at radius 2 is 2.00 bits per heavy atom. The fourth-order valence-electron chi connectivity index (χ4n) is 2.71. The van der Waals surface area contributed by atoms with Gasteiger partial charge in [0.15, 0.2) is 0 Å². The lowest BCUT2D eigenvalue weighted by Gasteiger charge is -2.32. The molecule has 1 fully saturated rings. The quantitative estimate of drug-likeness (QED) is 0.892. The molecule has 0 atom stereocenters. The van der Waals surface area contributed by atoms with Gasteiger partial charge in [0.2, 0.25) is 0 Å². The molecule has 0 aliphatic carbocycles. The van der Waals surface area contributed by atoms with Crippen LogP contribution in [0.25, 0.3) is 6.08 Å². The van der Waals surface area contributed by atoms with Gasteiger partial charge in [0.05, 0.1) is 0 Å². The number of ether oxygens (including phenoxy) is 1. The second kappa shape index (κ2) is 8.43. The number of rotatable bonds is 4. The summed E-state index contributed by atoms with van der Waals surface area (Å²) >= 11 is 0. The Hall–Kier alpha value is -1.95. The average Bonchev–Trinajstić information content (AvgIpc) is 2.50. The van der Waals surface area contributed by atoms with Gasteiger partial charge in [0, 0.05) is 31.2 Å². The van der Waals surface area contributed by atoms with E-state index in [1.165, 1.54) is 6.07 Å². The van der Waals surface area contributed by atoms with Crippen LogP contribution in [0.5, 0.6) is 0 Å². The zero-order valence-corrected chi connectivity index (χ0v) is 15.0. The first-order valence-electron chi connectivity index (χ1n) is 8.56. The van der Waals surface area contributed by atoms with Crippen molar-refractivity contribution in [1.29, 1.82) is 0 Å². The van der Waals surface area contributed by atoms with Gasteiger partial charge in [-0.05, 0) is 51.8 Å². The molecule has 1 aliphatic heterocycles. The van der Waals surface area contributed by atoms with E-state index in [4.69, 9.17) is 4.74 Å². The Morgan fingerprint density at radius 3 is 2.64 bits per heavy atom. The zero-order chi connectivity index (χ0) is 18.4. The van der Waals surface area contributed by atoms with Crippen LogP contribution in [0.1, 0.15) is 39.2 Å². The topological polar surface area (TPSA) is 41.6 Å². The number of piperidine rings is 1. The Balaban J connectivity index is 1.74. The first-order chi connectivity index (χ1) is 11.7. The SMILES string of the molecule is CC(C)(C)OC(=O)NC1CCN(CC=Cc2cc(F)ccc2F)CC1. The Morgan fingerprint density at radius 1 is 1.32 bits per heavy atom. The maximum absolute atomic E-state index is 13.5. The van der Waals surface area contributed by atoms with Crippen LogP contribution >= 0.6 is 0 Å². The number of amides is 1. The second-order valence-corrected chi connectivity index (χ2v) is 7.29. The molecular formula is C19H26F2N2O2. The van der Waals surface area contributed by atoms with Gasteiger partial charge < -0.3 is 10.1 Å². The molecule has 25 heavy (non-hydrogen) atoms. The van der Waals surface area contributed by atoms with Crippen molar-refractivity contribution in [2.45, 2.75) is 45.3 Å². The molecule has 1 saturated heterocycles. The number of carbonyl (C=O) groups excluding carboxylic acids is 1. The highest BCUT2D eigenvalue weighted by molar-refractivity contribution is 5.68. The number of nitrogens with zero attached hydrogens (tertiary/aromatic N) is 1. The molecule has 0 radical (unpaired) electrons. The molecule has 138 valence electrons. The molecule has 1 amide bonds. The maximum atomic E-state index is 13.5. The molecule has 1 aromatic rings. The van der Waals surface area contributed by atoms with Crippen molar-refractivity contribution in [3.05, 3.63) is 41.5 Å². The Kier molecular flexibility index (Phi) is 6.53. The smallest absolute Gasteiger partial charge is 0.407 e. The summed E-state index contributed by atoms with van der Waals surface area (Å²) in [7, 11) is 0. The molecule has 4 nitrogen and oxygen atoms in total. The van der Waals surface area contributed by atoms with Crippen molar-refractivity contribution in [1.82, 2.24) is 10.2 Å². The molecule has 0 spiro atoms. The Labute approximate surface area is 147 Å². The number of carbonyl (C=O) groups is 1. The lowest BCUT2D eigenvalue weighted by atomic mass is 10.1. The standard InChI is InChI=1S/C19H26F2N2O2/c1-19(2,3)25-18(24)22-16-8-11-23(12-9-16)10-4-5-14-13-15(20)6-7-17(14)21/h4-7,13,16H,8-12H2,1-3H3,(H,22,24). The molecule has 1 N–H and O–H groups in total. The number of halogens is 2. The predicted octanol–water partition coefficient (Wildman–Crippen LogP) is 3.97. The summed E-state index contributed by atoms with van der Waals surface area (Å²) < 4.78 is 31.9. The summed E-state index contributed by atoms with van der Waals surface area (Å²) in [6, 6.07) is 3.52. The number of nitrogens with one attached hydrogen (secondary N) is 1. The molecule has 2 rings (SSSR count). The van der Waals surface area contributed by atoms with Crippen LogP contribution in [0.15, 0.2) is 24.3 Å². The van der Waals surface area contributed by atoms with Gasteiger partial charge in [-0.2, -0.15) is 0 Å². The third-order valence-corrected chi connectivity index (χ3v) is 3.93. The maximum Gasteiger partial charge on any atom is 0.407 e. The molecule has 1 heterocycles. The van der Waals surface area contributed by atoms with Crippen molar-refractivity contribution in [2.75, 3.05) is 19.6 Å². The average molecular weight is 352 g/mol. The van der Waals surface area contributed by atoms with E-state index in [0.717, 1.165) is 38.1 Å². The molecular weight excluding hydrogens is 326 g/mol. The fraction of sp³-hybridized carbons (Fsp3) is 0.526. The van der Waals surface area contributed by atoms with Crippen LogP contribution in [-0.2, 0) is 4.74 Å². The first-order valence-corrected chi connectivity index (χ1v) is 8.56. The summed E-state index contributed by atoms with van der Waals surface area (Å²) in [5, 5.41) is 2.89. The van der Waals surface area contributed by atoms with Crippen LogP contribution < -0.4 is 5.32 Å². The monoisotopic (exact) mass is 352 g/mol. The van der Waals surface area contributed by atoms with Gasteiger partial charge in [0.1, 0.15) is 17.2 Å². The van der Waals surface area contributed by atoms with Crippen LogP contribution in [0.2, 0.25) is 0 Å². The highest BCUT2D eigenvalue weighted by Gasteiger charge is 2.23. The van der Waals surface area contributed by atoms with Gasteiger partial charge in [0.25, 0.3) is 0 Å². The lowest BCUT2D eigenvalue weighted by molar-refractivity contribution is 0.0481. The molecule has 0 bridgehead atoms. The number of alkyl carbamates (subject to hydrolysis) is 1. The summed E-state index contributed by atoms with van der Waals surface area (Å²) in [6.45, 7) is 7.83. The molecule has 0 unspecified atom stereocenters. The first kappa shape index (κ1) is 19.4. The zero-order valence-electron chi connectivity index (χ0n) is 15.0. The number of likely N-dealkylation sites (tertiary alicyclic amines) is 1. The minimum absolute atomic E-state index is 0.107. The number of hydrogen-bond acceptors (Lipinski definition) is 3. The van der Waals surface area contributed by atoms with Gasteiger partial charge >= 0.3 is 6.09 Å². The fourth-order valence-corrected chi connectivity index (χ4v) is 2.71. The van der Waals surface area contributed by atoms with Gasteiger partial charge in [-0.15, -0.1) is 0 Å². The van der Waals surface area contributed by atoms with E-state index in [9.17, 15) is 13.6 Å². The highest BCUT2D eigenvalue weighted by Crippen LogP contribution is 2.14. The van der Waals surface area contributed by atoms with Crippen molar-refractivity contribution in [3.63, 3.8) is 0 Å². The van der Waals surface area contributed by atoms with Crippen molar-refractivity contribution < 1.29 is 18.3 Å². The van der Waals surface area contributed by atoms with E-state index in [1.54, 1.807) is 6.08 Å². The Bertz CT molecular complexity index is 618. The normalized spacial score (nSPS) is 17.0. The van der Waals surface area contributed by atoms with Crippen LogP contribution in [0, 0.1) is 11.6 Å². The lowest BCUT2D eigenvalue weighted by Crippen LogP contribution is -2.46. The van der Waals surface area contributed by atoms with Crippen LogP contribution in [0.3, 0.4) is 0 Å². The number of hydrogen-bond donors (Lipinski definition) is 1. The van der Waals surface area contributed by atoms with Gasteiger partial charge in [-0.25, -0.2) is 13.6 Å². The minimum Gasteiger partial charge on any atom is -0.444 e. The van der Waals surface area contributed by atoms with Crippen LogP contribution in [-0.4, -0.2) is 42.3 Å². The summed E-state index contributed by atoms with van der Waals surface area (Å²) in [5.41, 5.74) is -0.247. The summed E-state index contributed by atoms with van der Waals surface area (Å²) in [6.07, 6.45) is 4.72. The summed E-state index contributed by atoms with van der Waals surface area (Å²) in [5.74, 6) is -0.881.